The van der Waals surface area contributed by atoms with Crippen LogP contribution in [-0.2, 0) is 0 Å². The Labute approximate surface area is 183 Å². The standard InChI is InChI=1S/C29H52/c1-7-22(20(2)3)12-11-21(4)25-15-16-26-24-14-13-23-10-8-9-18-28(23,5)27(24)17-19-29(25,26)6/h20-27H,7-19H2,1-6H3/t21-,22+,23?,24-,25-,26-,27-,28-,29+/m0/s1. The van der Waals surface area contributed by atoms with Crippen LogP contribution in [0.3, 0.4) is 0 Å². The summed E-state index contributed by atoms with van der Waals surface area (Å²) in [6.45, 7) is 15.4. The van der Waals surface area contributed by atoms with Gasteiger partial charge in [-0.25, -0.2) is 0 Å². The highest BCUT2D eigenvalue weighted by Gasteiger charge is 2.60. The lowest BCUT2D eigenvalue weighted by molar-refractivity contribution is -0.114. The van der Waals surface area contributed by atoms with E-state index in [1.54, 1.807) is 51.4 Å². The molecule has 4 fully saturated rings. The van der Waals surface area contributed by atoms with Gasteiger partial charge >= 0.3 is 0 Å². The van der Waals surface area contributed by atoms with E-state index < -0.39 is 0 Å². The van der Waals surface area contributed by atoms with Crippen molar-refractivity contribution in [1.29, 1.82) is 0 Å². The van der Waals surface area contributed by atoms with Crippen LogP contribution in [0.4, 0.5) is 0 Å². The molecule has 0 N–H and O–H groups in total. The van der Waals surface area contributed by atoms with Crippen molar-refractivity contribution in [3.8, 4) is 0 Å². The predicted octanol–water partition coefficient (Wildman–Crippen LogP) is 9.13. The lowest BCUT2D eigenvalue weighted by atomic mass is 9.44. The maximum atomic E-state index is 2.76. The molecule has 0 heterocycles. The average molecular weight is 401 g/mol. The van der Waals surface area contributed by atoms with Crippen LogP contribution in [0, 0.1) is 58.2 Å². The van der Waals surface area contributed by atoms with Gasteiger partial charge in [-0.3, -0.25) is 0 Å². The minimum atomic E-state index is 0.665. The van der Waals surface area contributed by atoms with E-state index in [9.17, 15) is 0 Å². The van der Waals surface area contributed by atoms with Gasteiger partial charge in [0, 0.05) is 0 Å². The molecule has 29 heavy (non-hydrogen) atoms. The summed E-state index contributed by atoms with van der Waals surface area (Å²) in [4.78, 5) is 0. The maximum Gasteiger partial charge on any atom is -0.0264 e. The molecule has 168 valence electrons. The van der Waals surface area contributed by atoms with Gasteiger partial charge in [0.1, 0.15) is 0 Å². The molecule has 4 rings (SSSR count). The van der Waals surface area contributed by atoms with Gasteiger partial charge < -0.3 is 0 Å². The number of rotatable bonds is 6. The van der Waals surface area contributed by atoms with E-state index in [1.165, 1.54) is 32.1 Å². The van der Waals surface area contributed by atoms with Gasteiger partial charge in [-0.15, -0.1) is 0 Å². The summed E-state index contributed by atoms with van der Waals surface area (Å²) in [6, 6.07) is 0. The largest absolute Gasteiger partial charge is 0.0651 e. The zero-order valence-corrected chi connectivity index (χ0v) is 20.8. The normalized spacial score (nSPS) is 46.7. The second-order valence-electron chi connectivity index (χ2n) is 13.1. The third kappa shape index (κ3) is 3.75. The Morgan fingerprint density at radius 3 is 2.24 bits per heavy atom. The number of hydrogen-bond acceptors (Lipinski definition) is 0. The van der Waals surface area contributed by atoms with Crippen molar-refractivity contribution in [2.75, 3.05) is 0 Å². The lowest BCUT2D eigenvalue weighted by Crippen LogP contribution is -2.53. The molecule has 0 amide bonds. The van der Waals surface area contributed by atoms with Crippen molar-refractivity contribution < 1.29 is 0 Å². The second kappa shape index (κ2) is 8.50. The van der Waals surface area contributed by atoms with Crippen molar-refractivity contribution in [3.05, 3.63) is 0 Å². The van der Waals surface area contributed by atoms with Crippen LogP contribution in [0.25, 0.3) is 0 Å². The molecule has 9 atom stereocenters. The molecule has 0 nitrogen and oxygen atoms in total. The summed E-state index contributed by atoms with van der Waals surface area (Å²) in [5, 5.41) is 0. The van der Waals surface area contributed by atoms with Gasteiger partial charge in [-0.2, -0.15) is 0 Å². The van der Waals surface area contributed by atoms with Gasteiger partial charge in [0.05, 0.1) is 0 Å². The molecule has 0 aromatic rings. The van der Waals surface area contributed by atoms with Crippen molar-refractivity contribution in [1.82, 2.24) is 0 Å². The second-order valence-corrected chi connectivity index (χ2v) is 13.1. The van der Waals surface area contributed by atoms with Crippen molar-refractivity contribution in [2.24, 2.45) is 58.2 Å². The lowest BCUT2D eigenvalue weighted by Gasteiger charge is -2.61. The van der Waals surface area contributed by atoms with Crippen molar-refractivity contribution >= 4 is 0 Å². The third-order valence-electron chi connectivity index (χ3n) is 11.8. The summed E-state index contributed by atoms with van der Waals surface area (Å²) in [5.41, 5.74) is 1.37. The molecule has 0 bridgehead atoms. The van der Waals surface area contributed by atoms with Gasteiger partial charge in [-0.05, 0) is 116 Å². The summed E-state index contributed by atoms with van der Waals surface area (Å²) in [6.07, 6.45) is 19.8. The van der Waals surface area contributed by atoms with Crippen LogP contribution in [-0.4, -0.2) is 0 Å². The molecule has 0 spiro atoms. The molecule has 0 saturated heterocycles. The van der Waals surface area contributed by atoms with E-state index in [0.717, 1.165) is 47.3 Å². The fraction of sp³-hybridized carbons (Fsp3) is 1.00. The van der Waals surface area contributed by atoms with Gasteiger partial charge in [0.25, 0.3) is 0 Å². The molecular weight excluding hydrogens is 348 g/mol. The number of hydrogen-bond donors (Lipinski definition) is 0. The predicted molar refractivity (Wildman–Crippen MR) is 127 cm³/mol. The molecule has 4 saturated carbocycles. The fourth-order valence-corrected chi connectivity index (χ4v) is 9.96. The first-order valence-electron chi connectivity index (χ1n) is 13.8. The van der Waals surface area contributed by atoms with Gasteiger partial charge in [-0.1, -0.05) is 67.2 Å². The Kier molecular flexibility index (Phi) is 6.51. The highest BCUT2D eigenvalue weighted by Crippen LogP contribution is 2.68. The molecule has 0 aromatic heterocycles. The van der Waals surface area contributed by atoms with E-state index in [0.29, 0.717) is 10.8 Å². The van der Waals surface area contributed by atoms with Crippen LogP contribution in [0.1, 0.15) is 125 Å². The summed E-state index contributed by atoms with van der Waals surface area (Å²) in [7, 11) is 0. The fourth-order valence-electron chi connectivity index (χ4n) is 9.96. The van der Waals surface area contributed by atoms with Crippen LogP contribution in [0.2, 0.25) is 0 Å². The molecule has 1 unspecified atom stereocenters. The maximum absolute atomic E-state index is 2.76. The summed E-state index contributed by atoms with van der Waals surface area (Å²) in [5.74, 6) is 8.02. The Hall–Kier alpha value is 0. The first kappa shape index (κ1) is 22.2. The van der Waals surface area contributed by atoms with Gasteiger partial charge in [0.2, 0.25) is 0 Å². The van der Waals surface area contributed by atoms with Crippen molar-refractivity contribution in [3.63, 3.8) is 0 Å². The van der Waals surface area contributed by atoms with Crippen LogP contribution >= 0.6 is 0 Å². The topological polar surface area (TPSA) is 0 Å². The smallest absolute Gasteiger partial charge is 0.0264 e. The van der Waals surface area contributed by atoms with E-state index in [2.05, 4.69) is 41.5 Å². The van der Waals surface area contributed by atoms with Crippen LogP contribution in [0.15, 0.2) is 0 Å². The highest BCUT2D eigenvalue weighted by atomic mass is 14.6. The zero-order chi connectivity index (χ0) is 20.8. The Bertz CT molecular complexity index is 548. The van der Waals surface area contributed by atoms with E-state index in [1.807, 2.05) is 0 Å². The van der Waals surface area contributed by atoms with E-state index in [4.69, 9.17) is 0 Å². The molecule has 0 aliphatic heterocycles. The third-order valence-corrected chi connectivity index (χ3v) is 11.8. The molecule has 0 heteroatoms. The number of fused-ring (bicyclic) bond motifs is 5. The van der Waals surface area contributed by atoms with Crippen molar-refractivity contribution in [2.45, 2.75) is 125 Å². The Balaban J connectivity index is 1.45. The van der Waals surface area contributed by atoms with Crippen LogP contribution < -0.4 is 0 Å². The van der Waals surface area contributed by atoms with E-state index >= 15 is 0 Å². The Morgan fingerprint density at radius 1 is 0.759 bits per heavy atom. The molecule has 0 radical (unpaired) electrons. The molecule has 0 aromatic carbocycles. The first-order valence-corrected chi connectivity index (χ1v) is 13.8. The highest BCUT2D eigenvalue weighted by molar-refractivity contribution is 5.09. The zero-order valence-electron chi connectivity index (χ0n) is 20.8. The van der Waals surface area contributed by atoms with E-state index in [-0.39, 0.29) is 0 Å². The molecule has 4 aliphatic rings. The minimum absolute atomic E-state index is 0.665. The average Bonchev–Trinajstić information content (AvgIpc) is 3.05. The monoisotopic (exact) mass is 400 g/mol. The van der Waals surface area contributed by atoms with Gasteiger partial charge in [0.15, 0.2) is 0 Å². The SMILES string of the molecule is CC[C@H](CC[C@H](C)[C@@H]1CC[C@H]2[C@@H]3CCC4CCCC[C@]4(C)[C@H]3CC[C@@]21C)C(C)C. The summed E-state index contributed by atoms with van der Waals surface area (Å²) >= 11 is 0. The minimum Gasteiger partial charge on any atom is -0.0651 e. The Morgan fingerprint density at radius 2 is 1.52 bits per heavy atom. The quantitative estimate of drug-likeness (QED) is 0.417. The van der Waals surface area contributed by atoms with Crippen LogP contribution in [0.5, 0.6) is 0 Å². The summed E-state index contributed by atoms with van der Waals surface area (Å²) < 4.78 is 0. The molecule has 4 aliphatic carbocycles. The first-order chi connectivity index (χ1) is 13.8. The molecular formula is C29H52.